The number of hydrogen-bond donors (Lipinski definition) is 2. The Morgan fingerprint density at radius 1 is 1.24 bits per heavy atom. The van der Waals surface area contributed by atoms with Crippen LogP contribution in [0.4, 0.5) is 0 Å². The van der Waals surface area contributed by atoms with Crippen LogP contribution in [0.2, 0.25) is 0 Å². The summed E-state index contributed by atoms with van der Waals surface area (Å²) in [4.78, 5) is 13.7. The minimum Gasteiger partial charge on any atom is -0.492 e. The number of nitrogens with zero attached hydrogens (tertiary/aromatic N) is 1. The minimum absolute atomic E-state index is 0.301. The van der Waals surface area contributed by atoms with Gasteiger partial charge in [0.2, 0.25) is 0 Å². The van der Waals surface area contributed by atoms with Gasteiger partial charge in [-0.25, -0.2) is 5.84 Å². The van der Waals surface area contributed by atoms with Crippen LogP contribution in [0.25, 0.3) is 0 Å². The largest absolute Gasteiger partial charge is 0.492 e. The molecule has 0 aliphatic heterocycles. The summed E-state index contributed by atoms with van der Waals surface area (Å²) in [6.45, 7) is 11.4. The van der Waals surface area contributed by atoms with Gasteiger partial charge in [0.25, 0.3) is 5.91 Å². The van der Waals surface area contributed by atoms with Crippen LogP contribution < -0.4 is 16.0 Å². The molecule has 0 saturated carbocycles. The van der Waals surface area contributed by atoms with E-state index >= 15 is 0 Å². The number of hydrogen-bond acceptors (Lipinski definition) is 4. The predicted molar refractivity (Wildman–Crippen MR) is 85.1 cm³/mol. The van der Waals surface area contributed by atoms with Gasteiger partial charge in [-0.2, -0.15) is 0 Å². The zero-order valence-corrected chi connectivity index (χ0v) is 13.4. The first kappa shape index (κ1) is 17.5. The molecule has 1 rings (SSSR count). The van der Waals surface area contributed by atoms with E-state index in [-0.39, 0.29) is 5.91 Å². The normalized spacial score (nSPS) is 11.2. The molecule has 0 saturated heterocycles. The number of ether oxygens (including phenoxy) is 1. The molecule has 5 nitrogen and oxygen atoms in total. The lowest BCUT2D eigenvalue weighted by Gasteiger charge is -2.28. The molecule has 0 spiro atoms. The zero-order chi connectivity index (χ0) is 15.8. The Morgan fingerprint density at radius 2 is 1.86 bits per heavy atom. The lowest BCUT2D eigenvalue weighted by atomic mass is 10.2. The highest BCUT2D eigenvalue weighted by Gasteiger charge is 2.11. The molecule has 1 amide bonds. The maximum Gasteiger partial charge on any atom is 0.265 e. The van der Waals surface area contributed by atoms with Crippen molar-refractivity contribution in [1.29, 1.82) is 0 Å². The van der Waals surface area contributed by atoms with Crippen molar-refractivity contribution in [1.82, 2.24) is 10.3 Å². The fraction of sp³-hybridized carbons (Fsp3) is 0.562. The standard InChI is InChI=1S/C16H27N3O2/c1-12(2)11-19(13(3)4)9-10-21-15-7-5-14(6-8-15)16(20)18-17/h5-8,12-13H,9-11,17H2,1-4H3,(H,18,20). The minimum atomic E-state index is -0.301. The second kappa shape index (κ2) is 8.64. The van der Waals surface area contributed by atoms with Crippen molar-refractivity contribution in [2.75, 3.05) is 19.7 Å². The van der Waals surface area contributed by atoms with E-state index in [0.717, 1.165) is 18.8 Å². The van der Waals surface area contributed by atoms with Gasteiger partial charge >= 0.3 is 0 Å². The Bertz CT molecular complexity index is 430. The van der Waals surface area contributed by atoms with Gasteiger partial charge in [0.05, 0.1) is 0 Å². The Hall–Kier alpha value is -1.59. The van der Waals surface area contributed by atoms with E-state index in [2.05, 4.69) is 38.0 Å². The van der Waals surface area contributed by atoms with Crippen molar-refractivity contribution in [3.8, 4) is 5.75 Å². The van der Waals surface area contributed by atoms with Crippen LogP contribution in [0.15, 0.2) is 24.3 Å². The Morgan fingerprint density at radius 3 is 2.33 bits per heavy atom. The fourth-order valence-corrected chi connectivity index (χ4v) is 2.10. The number of rotatable bonds is 8. The van der Waals surface area contributed by atoms with E-state index in [1.165, 1.54) is 0 Å². The molecule has 0 fully saturated rings. The molecule has 0 heterocycles. The lowest BCUT2D eigenvalue weighted by molar-refractivity contribution is 0.0953. The number of nitrogens with two attached hydrogens (primary N) is 1. The summed E-state index contributed by atoms with van der Waals surface area (Å²) in [6.07, 6.45) is 0. The number of carbonyl (C=O) groups is 1. The van der Waals surface area contributed by atoms with Gasteiger partial charge in [0.1, 0.15) is 12.4 Å². The monoisotopic (exact) mass is 293 g/mol. The summed E-state index contributed by atoms with van der Waals surface area (Å²) < 4.78 is 5.73. The average Bonchev–Trinajstić information content (AvgIpc) is 2.45. The first-order chi connectivity index (χ1) is 9.93. The molecule has 118 valence electrons. The average molecular weight is 293 g/mol. The van der Waals surface area contributed by atoms with Crippen molar-refractivity contribution in [2.45, 2.75) is 33.7 Å². The topological polar surface area (TPSA) is 67.6 Å². The first-order valence-corrected chi connectivity index (χ1v) is 7.42. The van der Waals surface area contributed by atoms with Crippen molar-refractivity contribution in [3.63, 3.8) is 0 Å². The Balaban J connectivity index is 2.45. The number of hydrazine groups is 1. The zero-order valence-electron chi connectivity index (χ0n) is 13.4. The van der Waals surface area contributed by atoms with Gasteiger partial charge < -0.3 is 4.74 Å². The number of amides is 1. The molecule has 0 radical (unpaired) electrons. The summed E-state index contributed by atoms with van der Waals surface area (Å²) in [5.41, 5.74) is 2.62. The quantitative estimate of drug-likeness (QED) is 0.437. The van der Waals surface area contributed by atoms with Crippen LogP contribution in [0.5, 0.6) is 5.75 Å². The van der Waals surface area contributed by atoms with Gasteiger partial charge in [-0.05, 0) is 44.0 Å². The molecular formula is C16H27N3O2. The van der Waals surface area contributed by atoms with Crippen LogP contribution in [0, 0.1) is 5.92 Å². The summed E-state index contributed by atoms with van der Waals surface area (Å²) in [5, 5.41) is 0. The van der Waals surface area contributed by atoms with Gasteiger partial charge in [0.15, 0.2) is 0 Å². The van der Waals surface area contributed by atoms with Gasteiger partial charge in [-0.3, -0.25) is 15.1 Å². The third-order valence-electron chi connectivity index (χ3n) is 3.22. The SMILES string of the molecule is CC(C)CN(CCOc1ccc(C(=O)NN)cc1)C(C)C. The summed E-state index contributed by atoms with van der Waals surface area (Å²) in [5.74, 6) is 6.19. The van der Waals surface area contributed by atoms with Crippen molar-refractivity contribution in [3.05, 3.63) is 29.8 Å². The van der Waals surface area contributed by atoms with E-state index in [1.807, 2.05) is 0 Å². The van der Waals surface area contributed by atoms with Crippen LogP contribution in [-0.4, -0.2) is 36.5 Å². The van der Waals surface area contributed by atoms with Crippen LogP contribution in [0.1, 0.15) is 38.1 Å². The van der Waals surface area contributed by atoms with Gasteiger partial charge in [-0.15, -0.1) is 0 Å². The van der Waals surface area contributed by atoms with Crippen molar-refractivity contribution < 1.29 is 9.53 Å². The molecule has 3 N–H and O–H groups in total. The second-order valence-electron chi connectivity index (χ2n) is 5.83. The number of nitrogen functional groups attached to an aromatic ring is 1. The molecule has 0 aliphatic rings. The molecule has 1 aromatic rings. The first-order valence-electron chi connectivity index (χ1n) is 7.42. The van der Waals surface area contributed by atoms with Gasteiger partial charge in [-0.1, -0.05) is 13.8 Å². The fourth-order valence-electron chi connectivity index (χ4n) is 2.10. The van der Waals surface area contributed by atoms with Gasteiger partial charge in [0, 0.05) is 24.7 Å². The lowest BCUT2D eigenvalue weighted by Crippen LogP contribution is -2.37. The summed E-state index contributed by atoms with van der Waals surface area (Å²) in [7, 11) is 0. The molecule has 0 unspecified atom stereocenters. The Kier molecular flexibility index (Phi) is 7.19. The third-order valence-corrected chi connectivity index (χ3v) is 3.22. The molecule has 0 aromatic heterocycles. The van der Waals surface area contributed by atoms with E-state index in [0.29, 0.717) is 24.1 Å². The molecule has 5 heteroatoms. The van der Waals surface area contributed by atoms with Crippen LogP contribution >= 0.6 is 0 Å². The predicted octanol–water partition coefficient (Wildman–Crippen LogP) is 2.04. The van der Waals surface area contributed by atoms with E-state index in [4.69, 9.17) is 10.6 Å². The van der Waals surface area contributed by atoms with E-state index in [1.54, 1.807) is 24.3 Å². The molecule has 0 bridgehead atoms. The number of benzene rings is 1. The smallest absolute Gasteiger partial charge is 0.265 e. The maximum atomic E-state index is 11.3. The van der Waals surface area contributed by atoms with Crippen LogP contribution in [0.3, 0.4) is 0 Å². The second-order valence-corrected chi connectivity index (χ2v) is 5.83. The maximum absolute atomic E-state index is 11.3. The molecule has 21 heavy (non-hydrogen) atoms. The number of carbonyl (C=O) groups excluding carboxylic acids is 1. The van der Waals surface area contributed by atoms with Crippen molar-refractivity contribution >= 4 is 5.91 Å². The molecule has 0 atom stereocenters. The van der Waals surface area contributed by atoms with E-state index < -0.39 is 0 Å². The Labute approximate surface area is 127 Å². The molecule has 0 aliphatic carbocycles. The van der Waals surface area contributed by atoms with Crippen molar-refractivity contribution in [2.24, 2.45) is 11.8 Å². The highest BCUT2D eigenvalue weighted by Crippen LogP contribution is 2.12. The summed E-state index contributed by atoms with van der Waals surface area (Å²) >= 11 is 0. The van der Waals surface area contributed by atoms with E-state index in [9.17, 15) is 4.79 Å². The third kappa shape index (κ3) is 6.14. The highest BCUT2D eigenvalue weighted by molar-refractivity contribution is 5.93. The molecule has 1 aromatic carbocycles. The number of nitrogens with one attached hydrogen (secondary N) is 1. The van der Waals surface area contributed by atoms with Crippen LogP contribution in [-0.2, 0) is 0 Å². The summed E-state index contributed by atoms with van der Waals surface area (Å²) in [6, 6.07) is 7.48. The highest BCUT2D eigenvalue weighted by atomic mass is 16.5. The molecular weight excluding hydrogens is 266 g/mol.